The van der Waals surface area contributed by atoms with Crippen LogP contribution in [0.3, 0.4) is 0 Å². The minimum absolute atomic E-state index is 0.112. The van der Waals surface area contributed by atoms with Crippen LogP contribution < -0.4 is 16.2 Å². The van der Waals surface area contributed by atoms with Gasteiger partial charge >= 0.3 is 0 Å². The number of hydrazine groups is 1. The highest BCUT2D eigenvalue weighted by Gasteiger charge is 2.11. The first-order chi connectivity index (χ1) is 9.67. The molecule has 0 saturated carbocycles. The van der Waals surface area contributed by atoms with Gasteiger partial charge in [-0.3, -0.25) is 15.6 Å². The van der Waals surface area contributed by atoms with Crippen molar-refractivity contribution in [1.29, 1.82) is 0 Å². The van der Waals surface area contributed by atoms with E-state index in [9.17, 15) is 4.79 Å². The number of thioether (sulfide) groups is 1. The molecule has 21 heavy (non-hydrogen) atoms. The molecule has 4 nitrogen and oxygen atoms in total. The summed E-state index contributed by atoms with van der Waals surface area (Å²) in [6, 6.07) is 6.22. The van der Waals surface area contributed by atoms with E-state index in [0.29, 0.717) is 10.9 Å². The Kier molecular flexibility index (Phi) is 6.48. The van der Waals surface area contributed by atoms with Crippen molar-refractivity contribution in [3.8, 4) is 0 Å². The number of carbonyl (C=O) groups excluding carboxylic acids is 1. The average molecular weight is 326 g/mol. The minimum Gasteiger partial charge on any atom is -0.357 e. The van der Waals surface area contributed by atoms with E-state index in [1.807, 2.05) is 34.6 Å². The van der Waals surface area contributed by atoms with Gasteiger partial charge in [0.05, 0.1) is 5.75 Å². The van der Waals surface area contributed by atoms with E-state index < -0.39 is 0 Å². The molecule has 6 heteroatoms. The van der Waals surface area contributed by atoms with Crippen molar-refractivity contribution < 1.29 is 4.79 Å². The van der Waals surface area contributed by atoms with Crippen LogP contribution in [0.4, 0.5) is 0 Å². The van der Waals surface area contributed by atoms with Gasteiger partial charge in [0.2, 0.25) is 5.91 Å². The lowest BCUT2D eigenvalue weighted by atomic mass is 10.1. The van der Waals surface area contributed by atoms with Crippen LogP contribution in [0.25, 0.3) is 0 Å². The summed E-state index contributed by atoms with van der Waals surface area (Å²) in [7, 11) is 0. The third-order valence-corrected chi connectivity index (χ3v) is 3.87. The minimum atomic E-state index is -0.137. The number of rotatable bonds is 3. The second-order valence-electron chi connectivity index (χ2n) is 5.93. The van der Waals surface area contributed by atoms with Gasteiger partial charge in [-0.25, -0.2) is 0 Å². The first-order valence-electron chi connectivity index (χ1n) is 6.74. The Morgan fingerprint density at radius 2 is 1.90 bits per heavy atom. The van der Waals surface area contributed by atoms with Gasteiger partial charge in [-0.1, -0.05) is 17.7 Å². The highest BCUT2D eigenvalue weighted by atomic mass is 32.2. The Balaban J connectivity index is 2.38. The molecule has 0 unspecified atom stereocenters. The van der Waals surface area contributed by atoms with E-state index in [0.717, 1.165) is 4.90 Å². The summed E-state index contributed by atoms with van der Waals surface area (Å²) >= 11 is 6.61. The van der Waals surface area contributed by atoms with Crippen molar-refractivity contribution in [2.24, 2.45) is 0 Å². The van der Waals surface area contributed by atoms with Crippen LogP contribution in [0.2, 0.25) is 0 Å². The molecule has 0 radical (unpaired) electrons. The zero-order valence-electron chi connectivity index (χ0n) is 13.2. The summed E-state index contributed by atoms with van der Waals surface area (Å²) in [6.45, 7) is 10.1. The molecular formula is C15H23N3OS2. The van der Waals surface area contributed by atoms with Gasteiger partial charge < -0.3 is 5.32 Å². The lowest BCUT2D eigenvalue weighted by Crippen LogP contribution is -2.52. The molecule has 1 amide bonds. The van der Waals surface area contributed by atoms with Crippen LogP contribution >= 0.6 is 24.0 Å². The number of carbonyl (C=O) groups is 1. The Labute approximate surface area is 136 Å². The van der Waals surface area contributed by atoms with E-state index in [1.165, 1.54) is 22.9 Å². The van der Waals surface area contributed by atoms with Crippen LogP contribution in [-0.4, -0.2) is 22.3 Å². The number of amides is 1. The Morgan fingerprint density at radius 1 is 1.24 bits per heavy atom. The number of nitrogens with one attached hydrogen (secondary N) is 3. The largest absolute Gasteiger partial charge is 0.357 e. The average Bonchev–Trinajstić information content (AvgIpc) is 2.35. The quantitative estimate of drug-likeness (QED) is 0.453. The van der Waals surface area contributed by atoms with E-state index in [1.54, 1.807) is 0 Å². The molecule has 0 aromatic heterocycles. The monoisotopic (exact) mass is 325 g/mol. The molecule has 0 atom stereocenters. The molecule has 0 aliphatic rings. The highest BCUT2D eigenvalue weighted by molar-refractivity contribution is 8.00. The maximum absolute atomic E-state index is 11.8. The molecule has 0 saturated heterocycles. The Bertz CT molecular complexity index is 524. The molecule has 1 aromatic rings. The fourth-order valence-electron chi connectivity index (χ4n) is 1.54. The molecule has 0 aliphatic heterocycles. The van der Waals surface area contributed by atoms with Crippen molar-refractivity contribution >= 4 is 35.0 Å². The van der Waals surface area contributed by atoms with Crippen LogP contribution in [-0.2, 0) is 4.79 Å². The lowest BCUT2D eigenvalue weighted by Gasteiger charge is -2.23. The number of aryl methyl sites for hydroxylation is 2. The zero-order valence-corrected chi connectivity index (χ0v) is 14.8. The summed E-state index contributed by atoms with van der Waals surface area (Å²) < 4.78 is 0. The molecule has 3 N–H and O–H groups in total. The van der Waals surface area contributed by atoms with E-state index in [2.05, 4.69) is 34.4 Å². The van der Waals surface area contributed by atoms with Gasteiger partial charge in [-0.2, -0.15) is 0 Å². The van der Waals surface area contributed by atoms with Crippen molar-refractivity contribution in [2.45, 2.75) is 45.1 Å². The first kappa shape index (κ1) is 17.8. The second kappa shape index (κ2) is 7.66. The summed E-state index contributed by atoms with van der Waals surface area (Å²) in [5.41, 5.74) is 7.54. The lowest BCUT2D eigenvalue weighted by molar-refractivity contribution is -0.119. The van der Waals surface area contributed by atoms with E-state index in [-0.39, 0.29) is 11.4 Å². The van der Waals surface area contributed by atoms with Crippen LogP contribution in [0, 0.1) is 13.8 Å². The highest BCUT2D eigenvalue weighted by Crippen LogP contribution is 2.23. The molecule has 0 spiro atoms. The summed E-state index contributed by atoms with van der Waals surface area (Å²) in [4.78, 5) is 12.9. The Hall–Kier alpha value is -1.27. The third kappa shape index (κ3) is 7.34. The van der Waals surface area contributed by atoms with Gasteiger partial charge in [0, 0.05) is 10.4 Å². The SMILES string of the molecule is Cc1ccc(C)c(SCC(=O)NNC(=S)NC(C)(C)C)c1. The zero-order chi connectivity index (χ0) is 16.0. The smallest absolute Gasteiger partial charge is 0.248 e. The summed E-state index contributed by atoms with van der Waals surface area (Å²) in [5.74, 6) is 0.231. The molecule has 116 valence electrons. The molecule has 1 aromatic carbocycles. The predicted octanol–water partition coefficient (Wildman–Crippen LogP) is 2.69. The molecule has 1 rings (SSSR count). The van der Waals surface area contributed by atoms with Crippen molar-refractivity contribution in [3.63, 3.8) is 0 Å². The maximum atomic E-state index is 11.8. The molecule has 0 fully saturated rings. The van der Waals surface area contributed by atoms with Gasteiger partial charge in [0.15, 0.2) is 5.11 Å². The fourth-order valence-corrected chi connectivity index (χ4v) is 2.82. The molecule has 0 bridgehead atoms. The first-order valence-corrected chi connectivity index (χ1v) is 8.14. The summed E-state index contributed by atoms with van der Waals surface area (Å²) in [5, 5.41) is 3.47. The van der Waals surface area contributed by atoms with Gasteiger partial charge in [-0.15, -0.1) is 11.8 Å². The van der Waals surface area contributed by atoms with Gasteiger partial charge in [0.1, 0.15) is 0 Å². The number of thiocarbonyl (C=S) groups is 1. The van der Waals surface area contributed by atoms with Gasteiger partial charge in [-0.05, 0) is 58.5 Å². The van der Waals surface area contributed by atoms with Crippen molar-refractivity contribution in [1.82, 2.24) is 16.2 Å². The number of benzene rings is 1. The van der Waals surface area contributed by atoms with Crippen LogP contribution in [0.1, 0.15) is 31.9 Å². The van der Waals surface area contributed by atoms with Gasteiger partial charge in [0.25, 0.3) is 0 Å². The number of hydrogen-bond acceptors (Lipinski definition) is 3. The van der Waals surface area contributed by atoms with Crippen LogP contribution in [0.15, 0.2) is 23.1 Å². The number of hydrogen-bond donors (Lipinski definition) is 3. The molecule has 0 heterocycles. The van der Waals surface area contributed by atoms with E-state index in [4.69, 9.17) is 12.2 Å². The molecular weight excluding hydrogens is 302 g/mol. The standard InChI is InChI=1S/C15H23N3OS2/c1-10-6-7-11(2)12(8-10)21-9-13(19)17-18-14(20)16-15(3,4)5/h6-8H,9H2,1-5H3,(H,17,19)(H2,16,18,20). The predicted molar refractivity (Wildman–Crippen MR) is 93.4 cm³/mol. The fraction of sp³-hybridized carbons (Fsp3) is 0.467. The van der Waals surface area contributed by atoms with Crippen molar-refractivity contribution in [2.75, 3.05) is 5.75 Å². The Morgan fingerprint density at radius 3 is 2.52 bits per heavy atom. The normalized spacial score (nSPS) is 10.9. The summed E-state index contributed by atoms with van der Waals surface area (Å²) in [6.07, 6.45) is 0. The van der Waals surface area contributed by atoms with Crippen molar-refractivity contribution in [3.05, 3.63) is 29.3 Å². The third-order valence-electron chi connectivity index (χ3n) is 2.51. The topological polar surface area (TPSA) is 53.2 Å². The second-order valence-corrected chi connectivity index (χ2v) is 7.36. The van der Waals surface area contributed by atoms with E-state index >= 15 is 0 Å². The maximum Gasteiger partial charge on any atom is 0.248 e. The van der Waals surface area contributed by atoms with Crippen LogP contribution in [0.5, 0.6) is 0 Å². The molecule has 0 aliphatic carbocycles.